The predicted octanol–water partition coefficient (Wildman–Crippen LogP) is 5.28. The van der Waals surface area contributed by atoms with Crippen LogP contribution in [0.1, 0.15) is 27.2 Å². The van der Waals surface area contributed by atoms with Gasteiger partial charge < -0.3 is 14.8 Å². The standard InChI is InChI=1S/C28H28FN3O3/c1-18-5-6-19(2)24(15-18)32-25(17-23(31-32)21-8-10-22(29)11-9-21)28(33)30-14-13-20-7-12-26(34-3)27(16-20)35-4/h5-12,15-17H,13-14H2,1-4H3,(H,30,33). The van der Waals surface area contributed by atoms with Crippen LogP contribution >= 0.6 is 0 Å². The van der Waals surface area contributed by atoms with Gasteiger partial charge in [0.25, 0.3) is 5.91 Å². The van der Waals surface area contributed by atoms with Crippen molar-refractivity contribution in [1.82, 2.24) is 15.1 Å². The topological polar surface area (TPSA) is 65.4 Å². The Labute approximate surface area is 204 Å². The quantitative estimate of drug-likeness (QED) is 0.378. The Bertz CT molecular complexity index is 1350. The van der Waals surface area contributed by atoms with Crippen LogP contribution in [0.5, 0.6) is 11.5 Å². The first-order valence-corrected chi connectivity index (χ1v) is 11.3. The van der Waals surface area contributed by atoms with Gasteiger partial charge in [0, 0.05) is 12.1 Å². The van der Waals surface area contributed by atoms with E-state index in [4.69, 9.17) is 14.6 Å². The number of ether oxygens (including phenoxy) is 2. The minimum atomic E-state index is -0.323. The van der Waals surface area contributed by atoms with Gasteiger partial charge in [0.15, 0.2) is 11.5 Å². The number of methoxy groups -OCH3 is 2. The van der Waals surface area contributed by atoms with Crippen LogP contribution in [-0.2, 0) is 6.42 Å². The van der Waals surface area contributed by atoms with E-state index in [-0.39, 0.29) is 11.7 Å². The Kier molecular flexibility index (Phi) is 7.15. The summed E-state index contributed by atoms with van der Waals surface area (Å²) in [5.41, 5.74) is 5.62. The lowest BCUT2D eigenvalue weighted by atomic mass is 10.1. The summed E-state index contributed by atoms with van der Waals surface area (Å²) in [6, 6.07) is 19.5. The lowest BCUT2D eigenvalue weighted by molar-refractivity contribution is 0.0946. The van der Waals surface area contributed by atoms with Crippen LogP contribution in [-0.4, -0.2) is 36.5 Å². The minimum absolute atomic E-state index is 0.243. The summed E-state index contributed by atoms with van der Waals surface area (Å²) < 4.78 is 25.8. The molecular weight excluding hydrogens is 445 g/mol. The number of halogens is 1. The maximum Gasteiger partial charge on any atom is 0.270 e. The molecule has 6 nitrogen and oxygen atoms in total. The van der Waals surface area contributed by atoms with Crippen LogP contribution in [0, 0.1) is 19.7 Å². The van der Waals surface area contributed by atoms with E-state index >= 15 is 0 Å². The molecule has 1 heterocycles. The summed E-state index contributed by atoms with van der Waals surface area (Å²) in [4.78, 5) is 13.3. The number of carbonyl (C=O) groups is 1. The van der Waals surface area contributed by atoms with Gasteiger partial charge in [-0.15, -0.1) is 0 Å². The number of rotatable bonds is 8. The van der Waals surface area contributed by atoms with E-state index in [2.05, 4.69) is 5.32 Å². The zero-order valence-electron chi connectivity index (χ0n) is 20.3. The van der Waals surface area contributed by atoms with Crippen molar-refractivity contribution in [2.24, 2.45) is 0 Å². The number of aryl methyl sites for hydroxylation is 2. The number of hydrogen-bond acceptors (Lipinski definition) is 4. The number of benzene rings is 3. The molecule has 0 aliphatic carbocycles. The lowest BCUT2D eigenvalue weighted by Gasteiger charge is -2.12. The second-order valence-electron chi connectivity index (χ2n) is 8.32. The number of nitrogens with one attached hydrogen (secondary N) is 1. The fraction of sp³-hybridized carbons (Fsp3) is 0.214. The third-order valence-electron chi connectivity index (χ3n) is 5.82. The molecular formula is C28H28FN3O3. The van der Waals surface area contributed by atoms with E-state index in [1.165, 1.54) is 12.1 Å². The zero-order valence-corrected chi connectivity index (χ0v) is 20.3. The fourth-order valence-electron chi connectivity index (χ4n) is 3.88. The highest BCUT2D eigenvalue weighted by atomic mass is 19.1. The van der Waals surface area contributed by atoms with Gasteiger partial charge in [0.1, 0.15) is 11.5 Å². The van der Waals surface area contributed by atoms with Gasteiger partial charge in [-0.25, -0.2) is 9.07 Å². The first kappa shape index (κ1) is 24.0. The maximum atomic E-state index is 13.4. The monoisotopic (exact) mass is 473 g/mol. The number of nitrogens with zero attached hydrogens (tertiary/aromatic N) is 2. The first-order chi connectivity index (χ1) is 16.9. The highest BCUT2D eigenvalue weighted by molar-refractivity contribution is 5.94. The van der Waals surface area contributed by atoms with Crippen LogP contribution in [0.4, 0.5) is 4.39 Å². The van der Waals surface area contributed by atoms with Gasteiger partial charge >= 0.3 is 0 Å². The molecule has 1 aromatic heterocycles. The van der Waals surface area contributed by atoms with Crippen LogP contribution in [0.15, 0.2) is 66.7 Å². The maximum absolute atomic E-state index is 13.4. The Hall–Kier alpha value is -4.13. The molecule has 35 heavy (non-hydrogen) atoms. The van der Waals surface area contributed by atoms with E-state index in [0.29, 0.717) is 35.9 Å². The zero-order chi connectivity index (χ0) is 24.9. The van der Waals surface area contributed by atoms with Crippen molar-refractivity contribution in [2.45, 2.75) is 20.3 Å². The van der Waals surface area contributed by atoms with Gasteiger partial charge in [0.05, 0.1) is 25.6 Å². The van der Waals surface area contributed by atoms with E-state index in [9.17, 15) is 9.18 Å². The fourth-order valence-corrected chi connectivity index (χ4v) is 3.88. The third-order valence-corrected chi connectivity index (χ3v) is 5.82. The molecule has 0 bridgehead atoms. The average molecular weight is 474 g/mol. The molecule has 0 spiro atoms. The summed E-state index contributed by atoms with van der Waals surface area (Å²) >= 11 is 0. The molecule has 0 atom stereocenters. The van der Waals surface area contributed by atoms with E-state index in [1.54, 1.807) is 37.1 Å². The molecule has 4 rings (SSSR count). The molecule has 0 fully saturated rings. The van der Waals surface area contributed by atoms with E-state index in [1.807, 2.05) is 50.2 Å². The van der Waals surface area contributed by atoms with Crippen LogP contribution in [0.25, 0.3) is 16.9 Å². The molecule has 180 valence electrons. The van der Waals surface area contributed by atoms with Crippen molar-refractivity contribution >= 4 is 5.91 Å². The first-order valence-electron chi connectivity index (χ1n) is 11.3. The summed E-state index contributed by atoms with van der Waals surface area (Å²) in [6.07, 6.45) is 0.620. The molecule has 1 N–H and O–H groups in total. The molecule has 0 saturated heterocycles. The highest BCUT2D eigenvalue weighted by Gasteiger charge is 2.19. The number of aromatic nitrogens is 2. The molecule has 3 aromatic carbocycles. The Morgan fingerprint density at radius 3 is 2.40 bits per heavy atom. The number of carbonyl (C=O) groups excluding carboxylic acids is 1. The molecule has 0 unspecified atom stereocenters. The Morgan fingerprint density at radius 2 is 1.69 bits per heavy atom. The third kappa shape index (κ3) is 5.35. The van der Waals surface area contributed by atoms with Gasteiger partial charge in [-0.05, 0) is 85.5 Å². The van der Waals surface area contributed by atoms with Crippen LogP contribution in [0.2, 0.25) is 0 Å². The van der Waals surface area contributed by atoms with Crippen molar-refractivity contribution in [1.29, 1.82) is 0 Å². The van der Waals surface area contributed by atoms with Crippen molar-refractivity contribution in [3.8, 4) is 28.4 Å². The van der Waals surface area contributed by atoms with Crippen LogP contribution in [0.3, 0.4) is 0 Å². The van der Waals surface area contributed by atoms with Gasteiger partial charge in [-0.1, -0.05) is 18.2 Å². The summed E-state index contributed by atoms with van der Waals surface area (Å²) in [6.45, 7) is 4.40. The molecule has 0 aliphatic heterocycles. The predicted molar refractivity (Wildman–Crippen MR) is 134 cm³/mol. The summed E-state index contributed by atoms with van der Waals surface area (Å²) in [5, 5.41) is 7.71. The highest BCUT2D eigenvalue weighted by Crippen LogP contribution is 2.28. The molecule has 1 amide bonds. The van der Waals surface area contributed by atoms with Crippen molar-refractivity contribution in [3.63, 3.8) is 0 Å². The van der Waals surface area contributed by atoms with E-state index < -0.39 is 0 Å². The normalized spacial score (nSPS) is 10.8. The number of amides is 1. The van der Waals surface area contributed by atoms with Gasteiger partial charge in [-0.3, -0.25) is 4.79 Å². The van der Waals surface area contributed by atoms with Crippen molar-refractivity contribution in [2.75, 3.05) is 20.8 Å². The Morgan fingerprint density at radius 1 is 0.943 bits per heavy atom. The second kappa shape index (κ2) is 10.4. The van der Waals surface area contributed by atoms with Gasteiger partial charge in [0.2, 0.25) is 0 Å². The molecule has 4 aromatic rings. The SMILES string of the molecule is COc1ccc(CCNC(=O)c2cc(-c3ccc(F)cc3)nn2-c2cc(C)ccc2C)cc1OC. The average Bonchev–Trinajstić information content (AvgIpc) is 3.31. The van der Waals surface area contributed by atoms with E-state index in [0.717, 1.165) is 27.9 Å². The molecule has 0 aliphatic rings. The minimum Gasteiger partial charge on any atom is -0.493 e. The van der Waals surface area contributed by atoms with Crippen LogP contribution < -0.4 is 14.8 Å². The molecule has 7 heteroatoms. The molecule has 0 radical (unpaired) electrons. The summed E-state index contributed by atoms with van der Waals surface area (Å²) in [7, 11) is 3.19. The van der Waals surface area contributed by atoms with Crippen molar-refractivity contribution < 1.29 is 18.7 Å². The van der Waals surface area contributed by atoms with Crippen molar-refractivity contribution in [3.05, 3.63) is 94.9 Å². The lowest BCUT2D eigenvalue weighted by Crippen LogP contribution is -2.28. The van der Waals surface area contributed by atoms with Gasteiger partial charge in [-0.2, -0.15) is 5.10 Å². The molecule has 0 saturated carbocycles. The summed E-state index contributed by atoms with van der Waals surface area (Å²) in [5.74, 6) is 0.738. The second-order valence-corrected chi connectivity index (χ2v) is 8.32. The smallest absolute Gasteiger partial charge is 0.270 e. The number of hydrogen-bond donors (Lipinski definition) is 1. The Balaban J connectivity index is 1.60. The largest absolute Gasteiger partial charge is 0.493 e.